The Morgan fingerprint density at radius 2 is 2.19 bits per heavy atom. The van der Waals surface area contributed by atoms with Gasteiger partial charge in [-0.2, -0.15) is 5.10 Å². The molecule has 1 amide bonds. The summed E-state index contributed by atoms with van der Waals surface area (Å²) in [6.45, 7) is 1.84. The van der Waals surface area contributed by atoms with Crippen LogP contribution in [0.2, 0.25) is 0 Å². The highest BCUT2D eigenvalue weighted by Gasteiger charge is 2.20. The number of rotatable bonds is 4. The molecule has 0 aliphatic carbocycles. The number of hydrogen-bond acceptors (Lipinski definition) is 5. The van der Waals surface area contributed by atoms with E-state index in [1.54, 1.807) is 12.3 Å². The molecule has 2 aromatic heterocycles. The Kier molecular flexibility index (Phi) is 4.05. The summed E-state index contributed by atoms with van der Waals surface area (Å²) in [6, 6.07) is 3.61. The van der Waals surface area contributed by atoms with Gasteiger partial charge in [0.05, 0.1) is 12.1 Å². The Balaban J connectivity index is 2.20. The number of carbonyl (C=O) groups is 1. The monoisotopic (exact) mass is 309 g/mol. The number of nitrogens with two attached hydrogens (primary N) is 1. The topological polar surface area (TPSA) is 120 Å². The number of nitrogens with one attached hydrogen (secondary N) is 1. The van der Waals surface area contributed by atoms with Crippen LogP contribution in [0.4, 0.5) is 5.82 Å². The molecule has 0 bridgehead atoms. The lowest BCUT2D eigenvalue weighted by molar-refractivity contribution is -0.115. The van der Waals surface area contributed by atoms with Gasteiger partial charge in [0.15, 0.2) is 5.82 Å². The largest absolute Gasteiger partial charge is 0.308 e. The molecule has 9 heteroatoms. The molecule has 2 aromatic rings. The van der Waals surface area contributed by atoms with Gasteiger partial charge in [-0.25, -0.2) is 13.6 Å². The lowest BCUT2D eigenvalue weighted by Gasteiger charge is -2.05. The van der Waals surface area contributed by atoms with Crippen molar-refractivity contribution in [3.8, 4) is 0 Å². The van der Waals surface area contributed by atoms with Gasteiger partial charge in [-0.05, 0) is 18.6 Å². The van der Waals surface area contributed by atoms with E-state index < -0.39 is 15.9 Å². The van der Waals surface area contributed by atoms with Crippen LogP contribution in [-0.2, 0) is 28.3 Å². The summed E-state index contributed by atoms with van der Waals surface area (Å²) in [5.41, 5.74) is 1.49. The third-order valence-electron chi connectivity index (χ3n) is 2.81. The second-order valence-electron chi connectivity index (χ2n) is 4.55. The maximum absolute atomic E-state index is 12.0. The third-order valence-corrected chi connectivity index (χ3v) is 3.72. The number of carbonyl (C=O) groups excluding carboxylic acids is 1. The lowest BCUT2D eigenvalue weighted by Crippen LogP contribution is -2.19. The molecule has 2 rings (SSSR count). The molecule has 0 spiro atoms. The van der Waals surface area contributed by atoms with Crippen molar-refractivity contribution >= 4 is 21.7 Å². The van der Waals surface area contributed by atoms with Crippen molar-refractivity contribution in [2.24, 2.45) is 12.2 Å². The van der Waals surface area contributed by atoms with Crippen LogP contribution in [0.1, 0.15) is 11.3 Å². The van der Waals surface area contributed by atoms with Crippen LogP contribution in [-0.4, -0.2) is 29.1 Å². The van der Waals surface area contributed by atoms with Crippen LogP contribution >= 0.6 is 0 Å². The highest BCUT2D eigenvalue weighted by molar-refractivity contribution is 7.89. The van der Waals surface area contributed by atoms with Gasteiger partial charge >= 0.3 is 0 Å². The SMILES string of the molecule is Cc1cccnc1CC(=O)Nc1nn(C)cc1S(N)(=O)=O. The summed E-state index contributed by atoms with van der Waals surface area (Å²) in [6.07, 6.45) is 2.84. The van der Waals surface area contributed by atoms with E-state index in [0.717, 1.165) is 5.56 Å². The number of pyridine rings is 1. The average molecular weight is 309 g/mol. The van der Waals surface area contributed by atoms with Gasteiger partial charge in [-0.1, -0.05) is 6.07 Å². The van der Waals surface area contributed by atoms with E-state index in [2.05, 4.69) is 15.4 Å². The van der Waals surface area contributed by atoms with Crippen LogP contribution in [0.15, 0.2) is 29.4 Å². The van der Waals surface area contributed by atoms with Crippen LogP contribution in [0.25, 0.3) is 0 Å². The summed E-state index contributed by atoms with van der Waals surface area (Å²) in [5.74, 6) is -0.501. The average Bonchev–Trinajstić information content (AvgIpc) is 2.73. The molecular formula is C12H15N5O3S. The van der Waals surface area contributed by atoms with Crippen molar-refractivity contribution in [2.45, 2.75) is 18.2 Å². The maximum atomic E-state index is 12.0. The molecule has 0 atom stereocenters. The molecule has 0 unspecified atom stereocenters. The fourth-order valence-electron chi connectivity index (χ4n) is 1.79. The van der Waals surface area contributed by atoms with Crippen LogP contribution in [0.5, 0.6) is 0 Å². The van der Waals surface area contributed by atoms with Crippen LogP contribution < -0.4 is 10.5 Å². The van der Waals surface area contributed by atoms with Crippen molar-refractivity contribution in [3.63, 3.8) is 0 Å². The Bertz CT molecular complexity index is 782. The fraction of sp³-hybridized carbons (Fsp3) is 0.250. The number of hydrogen-bond donors (Lipinski definition) is 2. The molecular weight excluding hydrogens is 294 g/mol. The number of amides is 1. The van der Waals surface area contributed by atoms with Crippen molar-refractivity contribution in [1.82, 2.24) is 14.8 Å². The Labute approximate surface area is 122 Å². The number of aryl methyl sites for hydroxylation is 2. The molecule has 0 aromatic carbocycles. The molecule has 0 saturated carbocycles. The second-order valence-corrected chi connectivity index (χ2v) is 6.08. The van der Waals surface area contributed by atoms with Crippen LogP contribution in [0.3, 0.4) is 0 Å². The summed E-state index contributed by atoms with van der Waals surface area (Å²) in [4.78, 5) is 15.9. The van der Waals surface area contributed by atoms with E-state index in [4.69, 9.17) is 5.14 Å². The molecule has 21 heavy (non-hydrogen) atoms. The van der Waals surface area contributed by atoms with Gasteiger partial charge in [0.1, 0.15) is 4.90 Å². The number of primary sulfonamides is 1. The zero-order chi connectivity index (χ0) is 15.6. The first-order chi connectivity index (χ1) is 9.77. The molecule has 0 aliphatic rings. The molecule has 0 saturated heterocycles. The van der Waals surface area contributed by atoms with E-state index in [-0.39, 0.29) is 17.1 Å². The Hall–Kier alpha value is -2.26. The van der Waals surface area contributed by atoms with E-state index in [1.807, 2.05) is 13.0 Å². The van der Waals surface area contributed by atoms with Gasteiger partial charge in [0.2, 0.25) is 15.9 Å². The van der Waals surface area contributed by atoms with Gasteiger partial charge in [0, 0.05) is 19.4 Å². The number of aromatic nitrogens is 3. The highest BCUT2D eigenvalue weighted by Crippen LogP contribution is 2.17. The second kappa shape index (κ2) is 5.62. The van der Waals surface area contributed by atoms with Crippen molar-refractivity contribution < 1.29 is 13.2 Å². The van der Waals surface area contributed by atoms with Crippen LogP contribution in [0, 0.1) is 6.92 Å². The molecule has 112 valence electrons. The molecule has 0 aliphatic heterocycles. The molecule has 8 nitrogen and oxygen atoms in total. The van der Waals surface area contributed by atoms with E-state index >= 15 is 0 Å². The van der Waals surface area contributed by atoms with Crippen molar-refractivity contribution in [3.05, 3.63) is 35.8 Å². The standard InChI is InChI=1S/C12H15N5O3S/c1-8-4-3-5-14-9(8)6-11(18)15-12-10(21(13,19)20)7-17(2)16-12/h3-5,7H,6H2,1-2H3,(H2,13,19,20)(H,15,16,18). The van der Waals surface area contributed by atoms with E-state index in [1.165, 1.54) is 17.9 Å². The molecule has 2 heterocycles. The minimum Gasteiger partial charge on any atom is -0.308 e. The first-order valence-corrected chi connectivity index (χ1v) is 7.59. The van der Waals surface area contributed by atoms with E-state index in [0.29, 0.717) is 5.69 Å². The maximum Gasteiger partial charge on any atom is 0.243 e. The van der Waals surface area contributed by atoms with Crippen molar-refractivity contribution in [2.75, 3.05) is 5.32 Å². The Morgan fingerprint density at radius 1 is 1.48 bits per heavy atom. The fourth-order valence-corrected chi connectivity index (χ4v) is 2.45. The lowest BCUT2D eigenvalue weighted by atomic mass is 10.1. The predicted octanol–water partition coefficient (Wildman–Crippen LogP) is -0.0479. The summed E-state index contributed by atoms with van der Waals surface area (Å²) >= 11 is 0. The number of nitrogens with zero attached hydrogens (tertiary/aromatic N) is 3. The first-order valence-electron chi connectivity index (χ1n) is 6.04. The minimum absolute atomic E-state index is 0.0211. The zero-order valence-corrected chi connectivity index (χ0v) is 12.4. The zero-order valence-electron chi connectivity index (χ0n) is 11.6. The van der Waals surface area contributed by atoms with E-state index in [9.17, 15) is 13.2 Å². The first kappa shape index (κ1) is 15.1. The quantitative estimate of drug-likeness (QED) is 0.820. The minimum atomic E-state index is -3.95. The predicted molar refractivity (Wildman–Crippen MR) is 75.9 cm³/mol. The normalized spacial score (nSPS) is 11.4. The van der Waals surface area contributed by atoms with Gasteiger partial charge in [-0.15, -0.1) is 0 Å². The van der Waals surface area contributed by atoms with Gasteiger partial charge in [0.25, 0.3) is 0 Å². The van der Waals surface area contributed by atoms with Gasteiger partial charge < -0.3 is 5.32 Å². The molecule has 0 fully saturated rings. The summed E-state index contributed by atoms with van der Waals surface area (Å²) in [5, 5.41) is 11.4. The third kappa shape index (κ3) is 3.64. The van der Waals surface area contributed by atoms with Gasteiger partial charge in [-0.3, -0.25) is 14.5 Å². The molecule has 0 radical (unpaired) electrons. The smallest absolute Gasteiger partial charge is 0.243 e. The molecule has 3 N–H and O–H groups in total. The number of anilines is 1. The Morgan fingerprint density at radius 3 is 2.81 bits per heavy atom. The van der Waals surface area contributed by atoms with Crippen molar-refractivity contribution in [1.29, 1.82) is 0 Å². The number of sulfonamides is 1. The summed E-state index contributed by atoms with van der Waals surface area (Å²) in [7, 11) is -2.42. The summed E-state index contributed by atoms with van der Waals surface area (Å²) < 4.78 is 24.1. The highest BCUT2D eigenvalue weighted by atomic mass is 32.2.